The van der Waals surface area contributed by atoms with Crippen LogP contribution in [0.25, 0.3) is 0 Å². The Hall–Kier alpha value is -1.32. The fourth-order valence-corrected chi connectivity index (χ4v) is 1.80. The van der Waals surface area contributed by atoms with E-state index in [0.29, 0.717) is 17.8 Å². The molecule has 0 spiro atoms. The summed E-state index contributed by atoms with van der Waals surface area (Å²) >= 11 is 0. The molecule has 0 aliphatic carbocycles. The second kappa shape index (κ2) is 5.84. The highest BCUT2D eigenvalue weighted by atomic mass is 15.2. The summed E-state index contributed by atoms with van der Waals surface area (Å²) in [6.07, 6.45) is 1.09. The van der Waals surface area contributed by atoms with E-state index in [2.05, 4.69) is 49.5 Å². The van der Waals surface area contributed by atoms with Crippen LogP contribution >= 0.6 is 0 Å². The van der Waals surface area contributed by atoms with Gasteiger partial charge in [-0.05, 0) is 20.3 Å². The van der Waals surface area contributed by atoms with E-state index in [1.54, 1.807) is 0 Å². The Labute approximate surface area is 104 Å². The molecule has 1 heterocycles. The van der Waals surface area contributed by atoms with Crippen molar-refractivity contribution in [1.82, 2.24) is 9.97 Å². The lowest BCUT2D eigenvalue weighted by Crippen LogP contribution is -2.33. The number of aromatic nitrogens is 2. The Morgan fingerprint density at radius 1 is 1.24 bits per heavy atom. The Bertz CT molecular complexity index is 362. The Morgan fingerprint density at radius 2 is 1.88 bits per heavy atom. The van der Waals surface area contributed by atoms with Crippen LogP contribution in [0.3, 0.4) is 0 Å². The van der Waals surface area contributed by atoms with Gasteiger partial charge in [0.2, 0.25) is 0 Å². The summed E-state index contributed by atoms with van der Waals surface area (Å²) < 4.78 is 0. The monoisotopic (exact) mass is 236 g/mol. The largest absolute Gasteiger partial charge is 0.384 e. The Kier molecular flexibility index (Phi) is 4.73. The molecule has 2 N–H and O–H groups in total. The summed E-state index contributed by atoms with van der Waals surface area (Å²) in [5.41, 5.74) is 5.85. The van der Waals surface area contributed by atoms with Crippen LogP contribution in [0.1, 0.15) is 52.8 Å². The molecule has 96 valence electrons. The second-order valence-electron chi connectivity index (χ2n) is 4.71. The summed E-state index contributed by atoms with van der Waals surface area (Å²) in [4.78, 5) is 11.2. The lowest BCUT2D eigenvalue weighted by Gasteiger charge is -2.28. The van der Waals surface area contributed by atoms with Crippen LogP contribution in [-0.2, 0) is 0 Å². The number of nitrogens with two attached hydrogens (primary N) is 1. The molecule has 1 aromatic rings. The average molecular weight is 236 g/mol. The average Bonchev–Trinajstić information content (AvgIpc) is 2.28. The fraction of sp³-hybridized carbons (Fsp3) is 0.692. The minimum atomic E-state index is 0.299. The number of rotatable bonds is 5. The van der Waals surface area contributed by atoms with Gasteiger partial charge in [-0.2, -0.15) is 0 Å². The van der Waals surface area contributed by atoms with Crippen molar-refractivity contribution >= 4 is 11.6 Å². The molecule has 0 saturated heterocycles. The summed E-state index contributed by atoms with van der Waals surface area (Å²) in [7, 11) is 0. The highest BCUT2D eigenvalue weighted by molar-refractivity contribution is 5.47. The molecular formula is C13H24N4. The van der Waals surface area contributed by atoms with Gasteiger partial charge in [0.1, 0.15) is 17.5 Å². The van der Waals surface area contributed by atoms with Gasteiger partial charge in [-0.3, -0.25) is 0 Å². The van der Waals surface area contributed by atoms with Crippen LogP contribution < -0.4 is 10.6 Å². The van der Waals surface area contributed by atoms with Gasteiger partial charge in [0.15, 0.2) is 0 Å². The standard InChI is InChI=1S/C13H24N4/c1-6-10(5)17(7-2)12-8-11(14)15-13(16-12)9(3)4/h8-10H,6-7H2,1-5H3,(H2,14,15,16). The quantitative estimate of drug-likeness (QED) is 0.854. The smallest absolute Gasteiger partial charge is 0.135 e. The number of nitrogens with zero attached hydrogens (tertiary/aromatic N) is 3. The maximum absolute atomic E-state index is 5.85. The highest BCUT2D eigenvalue weighted by Crippen LogP contribution is 2.20. The molecule has 0 saturated carbocycles. The van der Waals surface area contributed by atoms with Crippen LogP contribution in [0.15, 0.2) is 6.07 Å². The predicted molar refractivity (Wildman–Crippen MR) is 73.3 cm³/mol. The van der Waals surface area contributed by atoms with Gasteiger partial charge in [-0.15, -0.1) is 0 Å². The van der Waals surface area contributed by atoms with Crippen molar-refractivity contribution < 1.29 is 0 Å². The zero-order valence-corrected chi connectivity index (χ0v) is 11.6. The normalized spacial score (nSPS) is 12.8. The minimum Gasteiger partial charge on any atom is -0.384 e. The van der Waals surface area contributed by atoms with E-state index in [0.717, 1.165) is 24.6 Å². The molecule has 0 bridgehead atoms. The third kappa shape index (κ3) is 3.32. The van der Waals surface area contributed by atoms with Gasteiger partial charge in [-0.25, -0.2) is 9.97 Å². The van der Waals surface area contributed by atoms with E-state index in [1.165, 1.54) is 0 Å². The molecule has 0 aromatic carbocycles. The zero-order valence-electron chi connectivity index (χ0n) is 11.6. The van der Waals surface area contributed by atoms with E-state index in [-0.39, 0.29) is 0 Å². The van der Waals surface area contributed by atoms with Crippen LogP contribution in [0, 0.1) is 0 Å². The molecule has 0 aliphatic rings. The lowest BCUT2D eigenvalue weighted by molar-refractivity contribution is 0.618. The molecule has 1 rings (SSSR count). The maximum atomic E-state index is 5.85. The fourth-order valence-electron chi connectivity index (χ4n) is 1.80. The maximum Gasteiger partial charge on any atom is 0.135 e. The van der Waals surface area contributed by atoms with Crippen LogP contribution in [0.5, 0.6) is 0 Å². The van der Waals surface area contributed by atoms with Crippen molar-refractivity contribution in [2.75, 3.05) is 17.2 Å². The molecule has 17 heavy (non-hydrogen) atoms. The molecule has 1 unspecified atom stereocenters. The molecule has 4 heteroatoms. The first kappa shape index (κ1) is 13.7. The van der Waals surface area contributed by atoms with Gasteiger partial charge in [0.05, 0.1) is 0 Å². The van der Waals surface area contributed by atoms with Crippen molar-refractivity contribution in [1.29, 1.82) is 0 Å². The second-order valence-corrected chi connectivity index (χ2v) is 4.71. The summed E-state index contributed by atoms with van der Waals surface area (Å²) in [6, 6.07) is 2.33. The number of nitrogen functional groups attached to an aromatic ring is 1. The summed E-state index contributed by atoms with van der Waals surface area (Å²) in [5.74, 6) is 2.62. The molecule has 1 atom stereocenters. The topological polar surface area (TPSA) is 55.0 Å². The van der Waals surface area contributed by atoms with E-state index < -0.39 is 0 Å². The van der Waals surface area contributed by atoms with Gasteiger partial charge < -0.3 is 10.6 Å². The van der Waals surface area contributed by atoms with Crippen molar-refractivity contribution in [3.05, 3.63) is 11.9 Å². The van der Waals surface area contributed by atoms with Crippen molar-refractivity contribution in [2.45, 2.75) is 53.0 Å². The van der Waals surface area contributed by atoms with E-state index >= 15 is 0 Å². The molecule has 1 aromatic heterocycles. The number of anilines is 2. The number of hydrogen-bond donors (Lipinski definition) is 1. The lowest BCUT2D eigenvalue weighted by atomic mass is 10.2. The first-order valence-corrected chi connectivity index (χ1v) is 6.40. The van der Waals surface area contributed by atoms with Crippen molar-refractivity contribution in [3.8, 4) is 0 Å². The molecule has 0 radical (unpaired) electrons. The first-order chi connectivity index (χ1) is 7.99. The van der Waals surface area contributed by atoms with Crippen LogP contribution in [0.4, 0.5) is 11.6 Å². The van der Waals surface area contributed by atoms with Gasteiger partial charge in [-0.1, -0.05) is 20.8 Å². The summed E-state index contributed by atoms with van der Waals surface area (Å²) in [5, 5.41) is 0. The van der Waals surface area contributed by atoms with Gasteiger partial charge in [0.25, 0.3) is 0 Å². The first-order valence-electron chi connectivity index (χ1n) is 6.40. The Balaban J connectivity index is 3.11. The molecule has 4 nitrogen and oxygen atoms in total. The third-order valence-electron chi connectivity index (χ3n) is 3.02. The molecule has 0 aliphatic heterocycles. The SMILES string of the molecule is CCC(C)N(CC)c1cc(N)nc(C(C)C)n1. The van der Waals surface area contributed by atoms with Crippen molar-refractivity contribution in [2.24, 2.45) is 0 Å². The Morgan fingerprint density at radius 3 is 2.35 bits per heavy atom. The number of hydrogen-bond acceptors (Lipinski definition) is 4. The highest BCUT2D eigenvalue weighted by Gasteiger charge is 2.15. The predicted octanol–water partition coefficient (Wildman–Crippen LogP) is 2.81. The van der Waals surface area contributed by atoms with Gasteiger partial charge in [0, 0.05) is 24.6 Å². The van der Waals surface area contributed by atoms with Gasteiger partial charge >= 0.3 is 0 Å². The van der Waals surface area contributed by atoms with Crippen LogP contribution in [-0.4, -0.2) is 22.6 Å². The minimum absolute atomic E-state index is 0.299. The summed E-state index contributed by atoms with van der Waals surface area (Å²) in [6.45, 7) is 11.6. The van der Waals surface area contributed by atoms with Crippen LogP contribution in [0.2, 0.25) is 0 Å². The third-order valence-corrected chi connectivity index (χ3v) is 3.02. The molecule has 0 fully saturated rings. The van der Waals surface area contributed by atoms with E-state index in [4.69, 9.17) is 5.73 Å². The van der Waals surface area contributed by atoms with E-state index in [9.17, 15) is 0 Å². The van der Waals surface area contributed by atoms with E-state index in [1.807, 2.05) is 6.07 Å². The molecular weight excluding hydrogens is 212 g/mol. The zero-order chi connectivity index (χ0) is 13.0. The van der Waals surface area contributed by atoms with Crippen molar-refractivity contribution in [3.63, 3.8) is 0 Å². The molecule has 0 amide bonds.